The zero-order valence-electron chi connectivity index (χ0n) is 14.2. The zero-order valence-corrected chi connectivity index (χ0v) is 14.2. The molecule has 2 aliphatic rings. The molecule has 0 aliphatic heterocycles. The standard InChI is InChI=1S/C16H30N4O4/c17-10-14(5-1-2-6-14)16(9-12(19)21,13(22)20(23)24)15(11-18)7-3-4-8-15/h23-24H,1-11,17-18H2,(H2,19,21). The molecule has 8 nitrogen and oxygen atoms in total. The zero-order chi connectivity index (χ0) is 18.0. The van der Waals surface area contributed by atoms with Crippen LogP contribution < -0.4 is 17.2 Å². The van der Waals surface area contributed by atoms with Gasteiger partial charge in [-0.25, -0.2) is 0 Å². The van der Waals surface area contributed by atoms with E-state index in [0.29, 0.717) is 25.7 Å². The van der Waals surface area contributed by atoms with Crippen molar-refractivity contribution in [3.63, 3.8) is 0 Å². The minimum absolute atomic E-state index is 0.182. The van der Waals surface area contributed by atoms with Gasteiger partial charge in [-0.2, -0.15) is 0 Å². The van der Waals surface area contributed by atoms with Crippen LogP contribution in [0.15, 0.2) is 0 Å². The van der Waals surface area contributed by atoms with Gasteiger partial charge in [0, 0.05) is 6.42 Å². The van der Waals surface area contributed by atoms with Crippen LogP contribution in [0.4, 0.5) is 0 Å². The van der Waals surface area contributed by atoms with Crippen molar-refractivity contribution in [1.82, 2.24) is 5.23 Å². The molecule has 2 saturated carbocycles. The maximum atomic E-state index is 13.1. The summed E-state index contributed by atoms with van der Waals surface area (Å²) in [5.74, 6) is -1.55. The second-order valence-electron chi connectivity index (χ2n) is 7.53. The summed E-state index contributed by atoms with van der Waals surface area (Å²) in [6, 6.07) is 0. The van der Waals surface area contributed by atoms with Crippen LogP contribution in [0.5, 0.6) is 0 Å². The topological polar surface area (TPSA) is 156 Å². The van der Waals surface area contributed by atoms with Gasteiger partial charge in [-0.15, -0.1) is 0 Å². The summed E-state index contributed by atoms with van der Waals surface area (Å²) in [5, 5.41) is 18.9. The third kappa shape index (κ3) is 2.61. The normalized spacial score (nSPS) is 22.5. The van der Waals surface area contributed by atoms with E-state index in [2.05, 4.69) is 0 Å². The largest absolute Gasteiger partial charge is 0.370 e. The lowest BCUT2D eigenvalue weighted by atomic mass is 9.47. The van der Waals surface area contributed by atoms with Gasteiger partial charge in [0.1, 0.15) is 0 Å². The Morgan fingerprint density at radius 2 is 1.29 bits per heavy atom. The molecule has 2 fully saturated rings. The van der Waals surface area contributed by atoms with E-state index in [9.17, 15) is 20.0 Å². The number of rotatable bonds is 7. The molecule has 0 radical (unpaired) electrons. The monoisotopic (exact) mass is 342 g/mol. The van der Waals surface area contributed by atoms with Crippen molar-refractivity contribution < 1.29 is 20.0 Å². The summed E-state index contributed by atoms with van der Waals surface area (Å²) < 4.78 is 0. The van der Waals surface area contributed by atoms with Crippen LogP contribution in [-0.4, -0.2) is 40.5 Å². The number of carbonyl (C=O) groups is 2. The first-order chi connectivity index (χ1) is 11.3. The van der Waals surface area contributed by atoms with Gasteiger partial charge in [0.15, 0.2) is 0 Å². The van der Waals surface area contributed by atoms with Crippen LogP contribution in [0.25, 0.3) is 0 Å². The van der Waals surface area contributed by atoms with Crippen molar-refractivity contribution in [2.75, 3.05) is 13.1 Å². The highest BCUT2D eigenvalue weighted by Gasteiger charge is 2.68. The quantitative estimate of drug-likeness (QED) is 0.335. The minimum Gasteiger partial charge on any atom is -0.370 e. The molecule has 0 aromatic carbocycles. The number of amides is 2. The summed E-state index contributed by atoms with van der Waals surface area (Å²) in [6.07, 6.45) is 5.85. The second kappa shape index (κ2) is 6.95. The summed E-state index contributed by atoms with van der Waals surface area (Å²) in [4.78, 5) is 25.1. The van der Waals surface area contributed by atoms with Crippen LogP contribution in [-0.2, 0) is 9.59 Å². The van der Waals surface area contributed by atoms with Crippen molar-refractivity contribution in [1.29, 1.82) is 0 Å². The average Bonchev–Trinajstić information content (AvgIpc) is 3.22. The van der Waals surface area contributed by atoms with Crippen molar-refractivity contribution >= 4 is 11.8 Å². The first-order valence-corrected chi connectivity index (χ1v) is 8.72. The van der Waals surface area contributed by atoms with Crippen LogP contribution in [0.3, 0.4) is 0 Å². The molecule has 2 amide bonds. The van der Waals surface area contributed by atoms with Crippen molar-refractivity contribution in [3.05, 3.63) is 0 Å². The summed E-state index contributed by atoms with van der Waals surface area (Å²) in [5.41, 5.74) is 15.0. The summed E-state index contributed by atoms with van der Waals surface area (Å²) in [6.45, 7) is 0.364. The Labute approximate surface area is 142 Å². The molecule has 0 unspecified atom stereocenters. The maximum absolute atomic E-state index is 13.1. The number of hydrogen-bond acceptors (Lipinski definition) is 6. The van der Waals surface area contributed by atoms with E-state index in [4.69, 9.17) is 17.2 Å². The highest BCUT2D eigenvalue weighted by molar-refractivity contribution is 5.89. The van der Waals surface area contributed by atoms with E-state index >= 15 is 0 Å². The molecule has 0 atom stereocenters. The fourth-order valence-corrected chi connectivity index (χ4v) is 5.61. The van der Waals surface area contributed by atoms with E-state index in [1.54, 1.807) is 0 Å². The first kappa shape index (κ1) is 19.1. The van der Waals surface area contributed by atoms with Crippen molar-refractivity contribution in [2.24, 2.45) is 33.4 Å². The Morgan fingerprint density at radius 1 is 0.917 bits per heavy atom. The molecule has 8 N–H and O–H groups in total. The molecule has 0 bridgehead atoms. The van der Waals surface area contributed by atoms with E-state index in [-0.39, 0.29) is 24.7 Å². The Kier molecular flexibility index (Phi) is 5.54. The van der Waals surface area contributed by atoms with Gasteiger partial charge in [0.25, 0.3) is 5.91 Å². The molecule has 0 saturated heterocycles. The van der Waals surface area contributed by atoms with Crippen LogP contribution in [0.1, 0.15) is 57.8 Å². The minimum atomic E-state index is -1.38. The van der Waals surface area contributed by atoms with E-state index in [1.165, 1.54) is 0 Å². The molecule has 0 aromatic rings. The number of primary amides is 1. The lowest BCUT2D eigenvalue weighted by Crippen LogP contribution is -2.65. The molecule has 0 aromatic heterocycles. The summed E-state index contributed by atoms with van der Waals surface area (Å²) >= 11 is 0. The molecular formula is C16H30N4O4. The van der Waals surface area contributed by atoms with Crippen LogP contribution in [0, 0.1) is 16.2 Å². The van der Waals surface area contributed by atoms with Crippen molar-refractivity contribution in [2.45, 2.75) is 57.8 Å². The Hall–Kier alpha value is -1.22. The Bertz CT molecular complexity index is 458. The molecule has 24 heavy (non-hydrogen) atoms. The van der Waals surface area contributed by atoms with Gasteiger partial charge in [-0.1, -0.05) is 30.9 Å². The van der Waals surface area contributed by atoms with Crippen molar-refractivity contribution in [3.8, 4) is 0 Å². The first-order valence-electron chi connectivity index (χ1n) is 8.72. The summed E-state index contributed by atoms with van der Waals surface area (Å²) in [7, 11) is 0. The maximum Gasteiger partial charge on any atom is 0.280 e. The van der Waals surface area contributed by atoms with Gasteiger partial charge < -0.3 is 17.2 Å². The fraction of sp³-hybridized carbons (Fsp3) is 0.875. The Morgan fingerprint density at radius 3 is 1.54 bits per heavy atom. The number of nitrogens with two attached hydrogens (primary N) is 3. The molecule has 0 heterocycles. The SMILES string of the molecule is NCC1(C(CC(N)=O)(C(=O)N(O)O)C2(CN)CCCC2)CCCC1. The van der Waals surface area contributed by atoms with E-state index in [0.717, 1.165) is 25.7 Å². The van der Waals surface area contributed by atoms with Crippen LogP contribution >= 0.6 is 0 Å². The molecule has 2 aliphatic carbocycles. The van der Waals surface area contributed by atoms with Gasteiger partial charge in [0.2, 0.25) is 5.91 Å². The number of hydrogen-bond donors (Lipinski definition) is 5. The lowest BCUT2D eigenvalue weighted by Gasteiger charge is -2.56. The Balaban J connectivity index is 2.73. The second-order valence-corrected chi connectivity index (χ2v) is 7.53. The number of hydroxylamine groups is 2. The predicted octanol–water partition coefficient (Wildman–Crippen LogP) is 0.493. The van der Waals surface area contributed by atoms with Gasteiger partial charge in [-0.3, -0.25) is 20.0 Å². The fourth-order valence-electron chi connectivity index (χ4n) is 5.61. The highest BCUT2D eigenvalue weighted by atomic mass is 16.8. The lowest BCUT2D eigenvalue weighted by molar-refractivity contribution is -0.303. The third-order valence-corrected chi connectivity index (χ3v) is 6.70. The molecule has 8 heteroatoms. The number of carbonyl (C=O) groups excluding carboxylic acids is 2. The molecule has 2 rings (SSSR count). The molecule has 138 valence electrons. The van der Waals surface area contributed by atoms with Crippen LogP contribution in [0.2, 0.25) is 0 Å². The average molecular weight is 342 g/mol. The molecular weight excluding hydrogens is 312 g/mol. The smallest absolute Gasteiger partial charge is 0.280 e. The van der Waals surface area contributed by atoms with E-state index in [1.807, 2.05) is 0 Å². The highest BCUT2D eigenvalue weighted by Crippen LogP contribution is 2.65. The van der Waals surface area contributed by atoms with Gasteiger partial charge >= 0.3 is 0 Å². The van der Waals surface area contributed by atoms with E-state index < -0.39 is 28.1 Å². The van der Waals surface area contributed by atoms with Gasteiger partial charge in [0.05, 0.1) is 5.41 Å². The molecule has 0 spiro atoms. The predicted molar refractivity (Wildman–Crippen MR) is 86.6 cm³/mol. The van der Waals surface area contributed by atoms with Gasteiger partial charge in [-0.05, 0) is 49.6 Å². The number of nitrogens with zero attached hydrogens (tertiary/aromatic N) is 1. The third-order valence-electron chi connectivity index (χ3n) is 6.70.